The highest BCUT2D eigenvalue weighted by molar-refractivity contribution is 8.00. The van der Waals surface area contributed by atoms with Crippen LogP contribution in [-0.2, 0) is 5.75 Å². The summed E-state index contributed by atoms with van der Waals surface area (Å²) in [6.07, 6.45) is 1.61. The van der Waals surface area contributed by atoms with E-state index in [0.29, 0.717) is 22.2 Å². The molecule has 5 rings (SSSR count). The summed E-state index contributed by atoms with van der Waals surface area (Å²) >= 11 is 9.16. The number of amides is 1. The van der Waals surface area contributed by atoms with Gasteiger partial charge in [0.15, 0.2) is 10.1 Å². The lowest BCUT2D eigenvalue weighted by atomic mass is 10.1. The number of thioether (sulfide) groups is 1. The van der Waals surface area contributed by atoms with Gasteiger partial charge in [0, 0.05) is 27.8 Å². The molecule has 0 unspecified atom stereocenters. The number of fused-ring (bicyclic) bond motifs is 1. The summed E-state index contributed by atoms with van der Waals surface area (Å²) in [5, 5.41) is 17.8. The summed E-state index contributed by atoms with van der Waals surface area (Å²) in [6.45, 7) is 1.91. The van der Waals surface area contributed by atoms with Gasteiger partial charge in [0.1, 0.15) is 16.4 Å². The smallest absolute Gasteiger partial charge is 0.292 e. The minimum absolute atomic E-state index is 0.263. The maximum atomic E-state index is 13.3. The van der Waals surface area contributed by atoms with Crippen LogP contribution in [-0.4, -0.2) is 25.9 Å². The van der Waals surface area contributed by atoms with Gasteiger partial charge in [0.2, 0.25) is 0 Å². The second-order valence-electron chi connectivity index (χ2n) is 6.84. The van der Waals surface area contributed by atoms with E-state index >= 15 is 0 Å². The molecule has 3 aromatic heterocycles. The van der Waals surface area contributed by atoms with Crippen molar-refractivity contribution in [2.24, 2.45) is 0 Å². The summed E-state index contributed by atoms with van der Waals surface area (Å²) in [5.41, 5.74) is 2.21. The topological polar surface area (TPSA) is 85.8 Å². The molecule has 0 aliphatic heterocycles. The van der Waals surface area contributed by atoms with E-state index in [1.807, 2.05) is 43.3 Å². The Morgan fingerprint density at radius 2 is 2.06 bits per heavy atom. The molecule has 0 saturated carbocycles. The number of furan rings is 1. The molecule has 3 heterocycles. The van der Waals surface area contributed by atoms with Gasteiger partial charge < -0.3 is 9.73 Å². The van der Waals surface area contributed by atoms with Crippen LogP contribution in [0.4, 0.5) is 5.82 Å². The number of benzene rings is 2. The Bertz CT molecular complexity index is 1420. The zero-order chi connectivity index (χ0) is 22.1. The Hall–Kier alpha value is -3.14. The van der Waals surface area contributed by atoms with Gasteiger partial charge in [0.25, 0.3) is 5.91 Å². The number of nitrogens with zero attached hydrogens (tertiary/aromatic N) is 4. The molecule has 0 spiro atoms. The molecule has 160 valence electrons. The van der Waals surface area contributed by atoms with E-state index in [0.717, 1.165) is 26.0 Å². The van der Waals surface area contributed by atoms with E-state index in [1.165, 1.54) is 23.1 Å². The standard InChI is InChI=1S/C22H16ClN5O2S2/c1-13-26-27-22(32-13)31-12-17-16-7-2-3-8-18(16)30-20(17)21(29)25-19-9-10-24-28(19)15-6-4-5-14(23)11-15/h2-11H,12H2,1H3,(H,25,29). The predicted octanol–water partition coefficient (Wildman–Crippen LogP) is 5.98. The van der Waals surface area contributed by atoms with Gasteiger partial charge in [-0.05, 0) is 31.2 Å². The third-order valence-electron chi connectivity index (χ3n) is 4.69. The van der Waals surface area contributed by atoms with Crippen molar-refractivity contribution < 1.29 is 9.21 Å². The van der Waals surface area contributed by atoms with Crippen LogP contribution in [0.25, 0.3) is 16.7 Å². The van der Waals surface area contributed by atoms with Crippen molar-refractivity contribution in [3.05, 3.63) is 82.1 Å². The Morgan fingerprint density at radius 1 is 1.19 bits per heavy atom. The lowest BCUT2D eigenvalue weighted by Crippen LogP contribution is -2.16. The number of para-hydroxylation sites is 1. The number of halogens is 1. The van der Waals surface area contributed by atoms with Crippen LogP contribution < -0.4 is 5.32 Å². The number of aromatic nitrogens is 4. The SMILES string of the molecule is Cc1nnc(SCc2c(C(=O)Nc3ccnn3-c3cccc(Cl)c3)oc3ccccc23)s1. The van der Waals surface area contributed by atoms with E-state index in [2.05, 4.69) is 20.6 Å². The molecule has 10 heteroatoms. The van der Waals surface area contributed by atoms with E-state index < -0.39 is 0 Å². The zero-order valence-electron chi connectivity index (χ0n) is 16.8. The fraction of sp³-hybridized carbons (Fsp3) is 0.0909. The first-order chi connectivity index (χ1) is 15.6. The molecule has 1 amide bonds. The normalized spacial score (nSPS) is 11.2. The summed E-state index contributed by atoms with van der Waals surface area (Å²) in [6, 6.07) is 16.6. The van der Waals surface area contributed by atoms with Gasteiger partial charge >= 0.3 is 0 Å². The molecule has 32 heavy (non-hydrogen) atoms. The molecule has 0 radical (unpaired) electrons. The zero-order valence-corrected chi connectivity index (χ0v) is 19.2. The highest BCUT2D eigenvalue weighted by Crippen LogP contribution is 2.33. The average molecular weight is 482 g/mol. The van der Waals surface area contributed by atoms with Crippen molar-refractivity contribution >= 4 is 57.4 Å². The average Bonchev–Trinajstić information content (AvgIpc) is 3.50. The van der Waals surface area contributed by atoms with Crippen molar-refractivity contribution in [2.45, 2.75) is 17.0 Å². The van der Waals surface area contributed by atoms with E-state index in [9.17, 15) is 4.79 Å². The maximum absolute atomic E-state index is 13.3. The molecule has 0 saturated heterocycles. The van der Waals surface area contributed by atoms with Gasteiger partial charge in [-0.1, -0.05) is 59.0 Å². The number of hydrogen-bond acceptors (Lipinski definition) is 7. The minimum atomic E-state index is -0.353. The summed E-state index contributed by atoms with van der Waals surface area (Å²) in [4.78, 5) is 13.3. The van der Waals surface area contributed by atoms with Crippen LogP contribution in [0.3, 0.4) is 0 Å². The second kappa shape index (κ2) is 8.78. The van der Waals surface area contributed by atoms with Crippen LogP contribution in [0.2, 0.25) is 5.02 Å². The van der Waals surface area contributed by atoms with E-state index in [-0.39, 0.29) is 11.7 Å². The van der Waals surface area contributed by atoms with Gasteiger partial charge in [-0.2, -0.15) is 5.10 Å². The monoisotopic (exact) mass is 481 g/mol. The lowest BCUT2D eigenvalue weighted by molar-refractivity contribution is 0.0997. The first-order valence-corrected chi connectivity index (χ1v) is 11.8. The quantitative estimate of drug-likeness (QED) is 0.300. The van der Waals surface area contributed by atoms with Crippen LogP contribution in [0.1, 0.15) is 21.1 Å². The summed E-state index contributed by atoms with van der Waals surface area (Å²) in [7, 11) is 0. The Labute approximate surface area is 196 Å². The Morgan fingerprint density at radius 3 is 2.88 bits per heavy atom. The lowest BCUT2D eigenvalue weighted by Gasteiger charge is -2.09. The second-order valence-corrected chi connectivity index (χ2v) is 9.68. The fourth-order valence-corrected chi connectivity index (χ4v) is 5.31. The number of rotatable bonds is 6. The number of aryl methyl sites for hydroxylation is 1. The molecular formula is C22H16ClN5O2S2. The van der Waals surface area contributed by atoms with Crippen LogP contribution in [0, 0.1) is 6.92 Å². The largest absolute Gasteiger partial charge is 0.451 e. The molecule has 0 fully saturated rings. The van der Waals surface area contributed by atoms with Crippen molar-refractivity contribution in [1.82, 2.24) is 20.0 Å². The van der Waals surface area contributed by atoms with Crippen molar-refractivity contribution in [2.75, 3.05) is 5.32 Å². The maximum Gasteiger partial charge on any atom is 0.292 e. The fourth-order valence-electron chi connectivity index (χ4n) is 3.28. The molecular weight excluding hydrogens is 466 g/mol. The Balaban J connectivity index is 1.46. The van der Waals surface area contributed by atoms with Gasteiger partial charge in [0.05, 0.1) is 11.9 Å². The van der Waals surface area contributed by atoms with E-state index in [1.54, 1.807) is 29.1 Å². The molecule has 5 aromatic rings. The van der Waals surface area contributed by atoms with Crippen LogP contribution in [0.15, 0.2) is 69.6 Å². The molecule has 0 aliphatic rings. The summed E-state index contributed by atoms with van der Waals surface area (Å²) in [5.74, 6) is 0.950. The summed E-state index contributed by atoms with van der Waals surface area (Å²) < 4.78 is 8.42. The first-order valence-electron chi connectivity index (χ1n) is 9.63. The third kappa shape index (κ3) is 4.14. The van der Waals surface area contributed by atoms with Crippen LogP contribution >= 0.6 is 34.7 Å². The third-order valence-corrected chi connectivity index (χ3v) is 6.92. The number of carbonyl (C=O) groups is 1. The molecule has 1 N–H and O–H groups in total. The van der Waals surface area contributed by atoms with Crippen molar-refractivity contribution in [3.63, 3.8) is 0 Å². The van der Waals surface area contributed by atoms with Gasteiger partial charge in [-0.25, -0.2) is 4.68 Å². The Kier molecular flexibility index (Phi) is 5.69. The molecule has 0 aliphatic carbocycles. The predicted molar refractivity (Wildman–Crippen MR) is 127 cm³/mol. The molecule has 0 bridgehead atoms. The minimum Gasteiger partial charge on any atom is -0.451 e. The van der Waals surface area contributed by atoms with Gasteiger partial charge in [-0.3, -0.25) is 4.79 Å². The van der Waals surface area contributed by atoms with E-state index in [4.69, 9.17) is 16.0 Å². The van der Waals surface area contributed by atoms with Gasteiger partial charge in [-0.15, -0.1) is 10.2 Å². The number of carbonyl (C=O) groups excluding carboxylic acids is 1. The number of anilines is 1. The van der Waals surface area contributed by atoms with Crippen molar-refractivity contribution in [3.8, 4) is 5.69 Å². The highest BCUT2D eigenvalue weighted by Gasteiger charge is 2.22. The molecule has 7 nitrogen and oxygen atoms in total. The number of hydrogen-bond donors (Lipinski definition) is 1. The molecule has 0 atom stereocenters. The first kappa shape index (κ1) is 20.7. The van der Waals surface area contributed by atoms with Crippen LogP contribution in [0.5, 0.6) is 0 Å². The number of nitrogens with one attached hydrogen (secondary N) is 1. The molecule has 2 aromatic carbocycles. The highest BCUT2D eigenvalue weighted by atomic mass is 35.5. The van der Waals surface area contributed by atoms with Crippen molar-refractivity contribution in [1.29, 1.82) is 0 Å².